The second-order valence-electron chi connectivity index (χ2n) is 4.38. The average Bonchev–Trinajstić information content (AvgIpc) is 2.74. The van der Waals surface area contributed by atoms with Gasteiger partial charge >= 0.3 is 5.97 Å². The Kier molecular flexibility index (Phi) is 3.28. The van der Waals surface area contributed by atoms with E-state index in [4.69, 9.17) is 9.84 Å². The van der Waals surface area contributed by atoms with Crippen LogP contribution in [-0.2, 0) is 0 Å². The summed E-state index contributed by atoms with van der Waals surface area (Å²) in [6.45, 7) is 0.124. The SMILES string of the molecule is O=C(O)c1ncccc1OCC1(O)CCCC1. The molecule has 0 aromatic carbocycles. The minimum absolute atomic E-state index is 0.117. The molecule has 92 valence electrons. The number of nitrogens with zero attached hydrogens (tertiary/aromatic N) is 1. The van der Waals surface area contributed by atoms with Crippen molar-refractivity contribution in [3.05, 3.63) is 24.0 Å². The Balaban J connectivity index is 2.06. The molecule has 0 aliphatic heterocycles. The highest BCUT2D eigenvalue weighted by Crippen LogP contribution is 2.30. The van der Waals surface area contributed by atoms with Crippen LogP contribution in [0.15, 0.2) is 18.3 Å². The number of hydrogen-bond donors (Lipinski definition) is 2. The maximum absolute atomic E-state index is 10.9. The molecule has 1 aliphatic carbocycles. The van der Waals surface area contributed by atoms with Crippen molar-refractivity contribution in [1.82, 2.24) is 4.98 Å². The predicted molar refractivity (Wildman–Crippen MR) is 60.1 cm³/mol. The summed E-state index contributed by atoms with van der Waals surface area (Å²) in [5, 5.41) is 19.0. The highest BCUT2D eigenvalue weighted by Gasteiger charge is 2.32. The van der Waals surface area contributed by atoms with Gasteiger partial charge in [-0.05, 0) is 25.0 Å². The van der Waals surface area contributed by atoms with E-state index in [-0.39, 0.29) is 18.1 Å². The van der Waals surface area contributed by atoms with E-state index in [0.717, 1.165) is 12.8 Å². The third-order valence-electron chi connectivity index (χ3n) is 3.00. The topological polar surface area (TPSA) is 79.7 Å². The molecule has 0 radical (unpaired) electrons. The van der Waals surface area contributed by atoms with Crippen LogP contribution in [0.4, 0.5) is 0 Å². The van der Waals surface area contributed by atoms with E-state index in [1.54, 1.807) is 12.1 Å². The molecular weight excluding hydrogens is 222 g/mol. The van der Waals surface area contributed by atoms with Crippen molar-refractivity contribution in [2.24, 2.45) is 0 Å². The lowest BCUT2D eigenvalue weighted by Crippen LogP contribution is -2.32. The molecule has 1 heterocycles. The summed E-state index contributed by atoms with van der Waals surface area (Å²) >= 11 is 0. The molecule has 5 heteroatoms. The molecule has 17 heavy (non-hydrogen) atoms. The molecule has 1 aromatic rings. The minimum atomic E-state index is -1.13. The first-order valence-corrected chi connectivity index (χ1v) is 5.64. The van der Waals surface area contributed by atoms with Crippen LogP contribution in [0.2, 0.25) is 0 Å². The minimum Gasteiger partial charge on any atom is -0.488 e. The summed E-state index contributed by atoms with van der Waals surface area (Å²) in [6.07, 6.45) is 4.78. The fourth-order valence-electron chi connectivity index (χ4n) is 2.06. The lowest BCUT2D eigenvalue weighted by Gasteiger charge is -2.22. The Morgan fingerprint density at radius 3 is 2.82 bits per heavy atom. The molecule has 0 unspecified atom stereocenters. The number of aromatic carboxylic acids is 1. The zero-order valence-corrected chi connectivity index (χ0v) is 9.43. The number of rotatable bonds is 4. The van der Waals surface area contributed by atoms with Gasteiger partial charge in [-0.1, -0.05) is 12.8 Å². The van der Waals surface area contributed by atoms with Crippen LogP contribution < -0.4 is 4.74 Å². The fraction of sp³-hybridized carbons (Fsp3) is 0.500. The first-order chi connectivity index (χ1) is 8.11. The summed E-state index contributed by atoms with van der Waals surface area (Å²) in [4.78, 5) is 14.6. The van der Waals surface area contributed by atoms with Gasteiger partial charge in [0, 0.05) is 6.20 Å². The fourth-order valence-corrected chi connectivity index (χ4v) is 2.06. The molecule has 2 rings (SSSR count). The Morgan fingerprint density at radius 1 is 1.47 bits per heavy atom. The summed E-state index contributed by atoms with van der Waals surface area (Å²) in [7, 11) is 0. The molecule has 2 N–H and O–H groups in total. The number of aromatic nitrogens is 1. The second-order valence-corrected chi connectivity index (χ2v) is 4.38. The summed E-state index contributed by atoms with van der Waals surface area (Å²) in [6, 6.07) is 3.16. The zero-order valence-electron chi connectivity index (χ0n) is 9.43. The van der Waals surface area contributed by atoms with E-state index in [1.165, 1.54) is 6.20 Å². The van der Waals surface area contributed by atoms with Crippen molar-refractivity contribution in [3.63, 3.8) is 0 Å². The standard InChI is InChI=1S/C12H15NO4/c14-11(15)10-9(4-3-7-13-10)17-8-12(16)5-1-2-6-12/h3-4,7,16H,1-2,5-6,8H2,(H,14,15). The first-order valence-electron chi connectivity index (χ1n) is 5.64. The van der Waals surface area contributed by atoms with Crippen LogP contribution in [0.1, 0.15) is 36.2 Å². The van der Waals surface area contributed by atoms with Crippen molar-refractivity contribution in [2.75, 3.05) is 6.61 Å². The van der Waals surface area contributed by atoms with Gasteiger partial charge in [-0.2, -0.15) is 0 Å². The Bertz CT molecular complexity index is 413. The zero-order chi connectivity index (χ0) is 12.3. The molecule has 1 saturated carbocycles. The van der Waals surface area contributed by atoms with Crippen LogP contribution in [0.25, 0.3) is 0 Å². The van der Waals surface area contributed by atoms with Crippen LogP contribution in [0, 0.1) is 0 Å². The average molecular weight is 237 g/mol. The molecule has 5 nitrogen and oxygen atoms in total. The molecule has 0 bridgehead atoms. The number of carboxylic acids is 1. The van der Waals surface area contributed by atoms with Gasteiger partial charge in [-0.15, -0.1) is 0 Å². The number of carboxylic acid groups (broad SMARTS) is 1. The van der Waals surface area contributed by atoms with E-state index in [9.17, 15) is 9.90 Å². The van der Waals surface area contributed by atoms with Gasteiger partial charge in [0.05, 0.1) is 5.60 Å². The normalized spacial score (nSPS) is 17.9. The van der Waals surface area contributed by atoms with Gasteiger partial charge < -0.3 is 14.9 Å². The van der Waals surface area contributed by atoms with Gasteiger partial charge in [0.15, 0.2) is 11.4 Å². The summed E-state index contributed by atoms with van der Waals surface area (Å²) in [5.74, 6) is -0.917. The Hall–Kier alpha value is -1.62. The number of aliphatic hydroxyl groups is 1. The maximum Gasteiger partial charge on any atom is 0.358 e. The number of pyridine rings is 1. The van der Waals surface area contributed by atoms with Gasteiger partial charge in [0.25, 0.3) is 0 Å². The quantitative estimate of drug-likeness (QED) is 0.828. The van der Waals surface area contributed by atoms with E-state index < -0.39 is 11.6 Å². The lowest BCUT2D eigenvalue weighted by molar-refractivity contribution is 0.000754. The maximum atomic E-state index is 10.9. The van der Waals surface area contributed by atoms with Crippen molar-refractivity contribution >= 4 is 5.97 Å². The van der Waals surface area contributed by atoms with Gasteiger partial charge in [-0.3, -0.25) is 0 Å². The number of carbonyl (C=O) groups is 1. The van der Waals surface area contributed by atoms with Gasteiger partial charge in [-0.25, -0.2) is 9.78 Å². The van der Waals surface area contributed by atoms with Crippen LogP contribution >= 0.6 is 0 Å². The third kappa shape index (κ3) is 2.74. The molecule has 1 aromatic heterocycles. The van der Waals surface area contributed by atoms with Crippen LogP contribution in [-0.4, -0.2) is 33.4 Å². The molecular formula is C12H15NO4. The monoisotopic (exact) mass is 237 g/mol. The van der Waals surface area contributed by atoms with Crippen molar-refractivity contribution in [1.29, 1.82) is 0 Å². The van der Waals surface area contributed by atoms with Gasteiger partial charge in [0.1, 0.15) is 6.61 Å². The molecule has 0 atom stereocenters. The number of ether oxygens (including phenoxy) is 1. The molecule has 0 amide bonds. The largest absolute Gasteiger partial charge is 0.488 e. The van der Waals surface area contributed by atoms with E-state index in [0.29, 0.717) is 12.8 Å². The Morgan fingerprint density at radius 2 is 2.18 bits per heavy atom. The van der Waals surface area contributed by atoms with Crippen LogP contribution in [0.3, 0.4) is 0 Å². The smallest absolute Gasteiger partial charge is 0.358 e. The highest BCUT2D eigenvalue weighted by molar-refractivity contribution is 5.88. The predicted octanol–water partition coefficient (Wildman–Crippen LogP) is 1.46. The number of hydrogen-bond acceptors (Lipinski definition) is 4. The van der Waals surface area contributed by atoms with E-state index in [2.05, 4.69) is 4.98 Å². The summed E-state index contributed by atoms with van der Waals surface area (Å²) in [5.41, 5.74) is -0.930. The lowest BCUT2D eigenvalue weighted by atomic mass is 10.0. The summed E-state index contributed by atoms with van der Waals surface area (Å²) < 4.78 is 5.39. The first kappa shape index (κ1) is 11.9. The van der Waals surface area contributed by atoms with E-state index >= 15 is 0 Å². The van der Waals surface area contributed by atoms with Crippen molar-refractivity contribution in [3.8, 4) is 5.75 Å². The molecule has 1 aliphatic rings. The third-order valence-corrected chi connectivity index (χ3v) is 3.00. The van der Waals surface area contributed by atoms with Gasteiger partial charge in [0.2, 0.25) is 0 Å². The van der Waals surface area contributed by atoms with E-state index in [1.807, 2.05) is 0 Å². The molecule has 1 fully saturated rings. The van der Waals surface area contributed by atoms with Crippen molar-refractivity contribution < 1.29 is 19.7 Å². The highest BCUT2D eigenvalue weighted by atomic mass is 16.5. The molecule has 0 saturated heterocycles. The second kappa shape index (κ2) is 4.71. The Labute approximate surface area is 99.1 Å². The van der Waals surface area contributed by atoms with Crippen molar-refractivity contribution in [2.45, 2.75) is 31.3 Å². The van der Waals surface area contributed by atoms with Crippen LogP contribution in [0.5, 0.6) is 5.75 Å². The molecule has 0 spiro atoms.